The van der Waals surface area contributed by atoms with Crippen molar-refractivity contribution in [3.05, 3.63) is 60.6 Å². The highest BCUT2D eigenvalue weighted by atomic mass is 16.5. The lowest BCUT2D eigenvalue weighted by Gasteiger charge is -2.33. The average Bonchev–Trinajstić information content (AvgIpc) is 2.72. The number of hydrogen-bond acceptors (Lipinski definition) is 6. The molecule has 1 aliphatic heterocycles. The maximum absolute atomic E-state index is 12.8. The number of carbonyl (C=O) groups is 1. The van der Waals surface area contributed by atoms with Crippen LogP contribution >= 0.6 is 0 Å². The Balaban J connectivity index is 1.50. The highest BCUT2D eigenvalue weighted by Crippen LogP contribution is 2.23. The van der Waals surface area contributed by atoms with E-state index in [1.807, 2.05) is 35.2 Å². The van der Waals surface area contributed by atoms with Gasteiger partial charge in [0.15, 0.2) is 0 Å². The van der Waals surface area contributed by atoms with Crippen LogP contribution in [0.25, 0.3) is 10.9 Å². The lowest BCUT2D eigenvalue weighted by Crippen LogP contribution is -2.46. The smallest absolute Gasteiger partial charge is 0.329 e. The van der Waals surface area contributed by atoms with E-state index in [9.17, 15) is 4.79 Å². The third-order valence-corrected chi connectivity index (χ3v) is 4.67. The summed E-state index contributed by atoms with van der Waals surface area (Å²) in [5.74, 6) is 0.353. The van der Waals surface area contributed by atoms with Gasteiger partial charge in [0.1, 0.15) is 12.6 Å². The number of anilines is 1. The molecule has 0 bridgehead atoms. The Hall–Kier alpha value is -3.02. The lowest BCUT2D eigenvalue weighted by molar-refractivity contribution is -0.147. The van der Waals surface area contributed by atoms with Crippen molar-refractivity contribution in [3.63, 3.8) is 0 Å². The molecular weight excluding hydrogens is 328 g/mol. The Bertz CT molecular complexity index is 895. The van der Waals surface area contributed by atoms with Crippen molar-refractivity contribution in [1.82, 2.24) is 15.0 Å². The molecule has 2 aromatic heterocycles. The van der Waals surface area contributed by atoms with Crippen LogP contribution in [-0.4, -0.2) is 33.5 Å². The van der Waals surface area contributed by atoms with Gasteiger partial charge in [-0.15, -0.1) is 0 Å². The second-order valence-corrected chi connectivity index (χ2v) is 6.35. The molecule has 0 spiro atoms. The first-order valence-electron chi connectivity index (χ1n) is 8.86. The van der Waals surface area contributed by atoms with Gasteiger partial charge in [-0.05, 0) is 31.4 Å². The first-order chi connectivity index (χ1) is 12.8. The molecule has 3 aromatic rings. The van der Waals surface area contributed by atoms with Crippen molar-refractivity contribution in [2.24, 2.45) is 0 Å². The molecule has 3 heterocycles. The van der Waals surface area contributed by atoms with Crippen molar-refractivity contribution in [2.75, 3.05) is 11.4 Å². The number of pyridine rings is 1. The maximum atomic E-state index is 12.8. The molecule has 0 saturated carbocycles. The number of benzene rings is 1. The van der Waals surface area contributed by atoms with Crippen LogP contribution in [0.15, 0.2) is 55.0 Å². The molecule has 1 saturated heterocycles. The van der Waals surface area contributed by atoms with Crippen molar-refractivity contribution >= 4 is 22.8 Å². The third kappa shape index (κ3) is 3.35. The summed E-state index contributed by atoms with van der Waals surface area (Å²) in [6.07, 6.45) is 7.92. The molecule has 4 rings (SSSR count). The molecule has 0 unspecified atom stereocenters. The maximum Gasteiger partial charge on any atom is 0.329 e. The minimum absolute atomic E-state index is 0.215. The van der Waals surface area contributed by atoms with Gasteiger partial charge >= 0.3 is 5.97 Å². The number of ether oxygens (including phenoxy) is 1. The summed E-state index contributed by atoms with van der Waals surface area (Å²) in [6.45, 7) is 0.979. The zero-order valence-corrected chi connectivity index (χ0v) is 14.4. The summed E-state index contributed by atoms with van der Waals surface area (Å²) < 4.78 is 5.65. The molecule has 6 heteroatoms. The normalized spacial score (nSPS) is 17.2. The fourth-order valence-electron chi connectivity index (χ4n) is 3.38. The summed E-state index contributed by atoms with van der Waals surface area (Å²) in [5, 5.41) is 1.04. The molecule has 1 aromatic carbocycles. The number of esters is 1. The number of hydrogen-bond donors (Lipinski definition) is 0. The number of rotatable bonds is 4. The summed E-state index contributed by atoms with van der Waals surface area (Å²) in [4.78, 5) is 27.7. The van der Waals surface area contributed by atoms with Crippen LogP contribution in [0.1, 0.15) is 24.8 Å². The van der Waals surface area contributed by atoms with Crippen LogP contribution in [0.3, 0.4) is 0 Å². The number of carbonyl (C=O) groups excluding carboxylic acids is 1. The van der Waals surface area contributed by atoms with Gasteiger partial charge in [-0.1, -0.05) is 24.3 Å². The molecule has 6 nitrogen and oxygen atoms in total. The minimum atomic E-state index is -0.339. The largest absolute Gasteiger partial charge is 0.459 e. The predicted octanol–water partition coefficient (Wildman–Crippen LogP) is 3.13. The van der Waals surface area contributed by atoms with Crippen LogP contribution in [0.2, 0.25) is 0 Å². The van der Waals surface area contributed by atoms with E-state index < -0.39 is 0 Å². The summed E-state index contributed by atoms with van der Waals surface area (Å²) >= 11 is 0. The standard InChI is InChI=1S/C20H20N4O2/c25-19(17-9-1-2-13-24(17)20-22-11-5-12-23-20)26-14-16-7-3-6-15-8-4-10-21-18(15)16/h3-8,10-12,17H,1-2,9,13-14H2/t17-/m0/s1. The van der Waals surface area contributed by atoms with Crippen molar-refractivity contribution in [1.29, 1.82) is 0 Å². The van der Waals surface area contributed by atoms with Gasteiger partial charge in [-0.2, -0.15) is 0 Å². The third-order valence-electron chi connectivity index (χ3n) is 4.67. The van der Waals surface area contributed by atoms with E-state index in [-0.39, 0.29) is 18.6 Å². The van der Waals surface area contributed by atoms with E-state index in [1.165, 1.54) is 0 Å². The molecule has 1 atom stereocenters. The number of para-hydroxylation sites is 1. The zero-order valence-electron chi connectivity index (χ0n) is 14.4. The topological polar surface area (TPSA) is 68.2 Å². The van der Waals surface area contributed by atoms with Crippen molar-refractivity contribution in [2.45, 2.75) is 31.9 Å². The second-order valence-electron chi connectivity index (χ2n) is 6.35. The van der Waals surface area contributed by atoms with Gasteiger partial charge in [0.25, 0.3) is 0 Å². The Morgan fingerprint density at radius 3 is 2.73 bits per heavy atom. The van der Waals surface area contributed by atoms with Gasteiger partial charge in [0.2, 0.25) is 5.95 Å². The highest BCUT2D eigenvalue weighted by Gasteiger charge is 2.31. The Labute approximate surface area is 151 Å². The predicted molar refractivity (Wildman–Crippen MR) is 98.6 cm³/mol. The Kier molecular flexibility index (Phi) is 4.73. The molecule has 26 heavy (non-hydrogen) atoms. The average molecular weight is 348 g/mol. The first-order valence-corrected chi connectivity index (χ1v) is 8.86. The molecule has 0 N–H and O–H groups in total. The van der Waals surface area contributed by atoms with Gasteiger partial charge in [0.05, 0.1) is 5.52 Å². The number of piperidine rings is 1. The Morgan fingerprint density at radius 1 is 1.04 bits per heavy atom. The van der Waals surface area contributed by atoms with E-state index >= 15 is 0 Å². The van der Waals surface area contributed by atoms with Crippen LogP contribution in [-0.2, 0) is 16.1 Å². The fraction of sp³-hybridized carbons (Fsp3) is 0.300. The summed E-state index contributed by atoms with van der Waals surface area (Å²) in [6, 6.07) is 11.2. The molecule has 1 aliphatic rings. The van der Waals surface area contributed by atoms with E-state index in [1.54, 1.807) is 24.7 Å². The quantitative estimate of drug-likeness (QED) is 0.675. The molecule has 0 radical (unpaired) electrons. The van der Waals surface area contributed by atoms with Crippen molar-refractivity contribution < 1.29 is 9.53 Å². The van der Waals surface area contributed by atoms with Crippen LogP contribution in [0.5, 0.6) is 0 Å². The van der Waals surface area contributed by atoms with Gasteiger partial charge in [-0.3, -0.25) is 4.98 Å². The van der Waals surface area contributed by atoms with E-state index in [2.05, 4.69) is 15.0 Å². The highest BCUT2D eigenvalue weighted by molar-refractivity contribution is 5.82. The SMILES string of the molecule is O=C(OCc1cccc2cccnc12)[C@@H]1CCCCN1c1ncccn1. The van der Waals surface area contributed by atoms with E-state index in [4.69, 9.17) is 4.74 Å². The van der Waals surface area contributed by atoms with Gasteiger partial charge < -0.3 is 9.64 Å². The molecular formula is C20H20N4O2. The summed E-state index contributed by atoms with van der Waals surface area (Å²) in [7, 11) is 0. The van der Waals surface area contributed by atoms with Crippen molar-refractivity contribution in [3.8, 4) is 0 Å². The summed E-state index contributed by atoms with van der Waals surface area (Å²) in [5.41, 5.74) is 1.78. The molecule has 0 amide bonds. The van der Waals surface area contributed by atoms with Gasteiger partial charge in [0, 0.05) is 36.1 Å². The molecule has 0 aliphatic carbocycles. The number of aromatic nitrogens is 3. The van der Waals surface area contributed by atoms with Gasteiger partial charge in [-0.25, -0.2) is 14.8 Å². The Morgan fingerprint density at radius 2 is 1.85 bits per heavy atom. The monoisotopic (exact) mass is 348 g/mol. The van der Waals surface area contributed by atoms with Crippen LogP contribution < -0.4 is 4.90 Å². The van der Waals surface area contributed by atoms with Crippen LogP contribution in [0, 0.1) is 0 Å². The van der Waals surface area contributed by atoms with Crippen LogP contribution in [0.4, 0.5) is 5.95 Å². The van der Waals surface area contributed by atoms with E-state index in [0.29, 0.717) is 5.95 Å². The zero-order chi connectivity index (χ0) is 17.8. The molecule has 132 valence electrons. The fourth-order valence-corrected chi connectivity index (χ4v) is 3.38. The second kappa shape index (κ2) is 7.47. The lowest BCUT2D eigenvalue weighted by atomic mass is 10.0. The number of nitrogens with zero attached hydrogens (tertiary/aromatic N) is 4. The minimum Gasteiger partial charge on any atom is -0.459 e. The number of fused-ring (bicyclic) bond motifs is 1. The molecule has 1 fully saturated rings. The van der Waals surface area contributed by atoms with E-state index in [0.717, 1.165) is 42.3 Å². The first kappa shape index (κ1) is 16.4.